The summed E-state index contributed by atoms with van der Waals surface area (Å²) in [6, 6.07) is 6.49. The molecule has 0 saturated carbocycles. The molecule has 0 spiro atoms. The molecule has 0 aliphatic heterocycles. The zero-order valence-corrected chi connectivity index (χ0v) is 8.38. The minimum Gasteiger partial charge on any atom is -0.326 e. The summed E-state index contributed by atoms with van der Waals surface area (Å²) in [4.78, 5) is 10.4. The topological polar surface area (TPSA) is 97.8 Å². The van der Waals surface area contributed by atoms with E-state index in [1.54, 1.807) is 24.4 Å². The van der Waals surface area contributed by atoms with Gasteiger partial charge in [0.25, 0.3) is 5.69 Å². The lowest BCUT2D eigenvalue weighted by atomic mass is 10.1. The standard InChI is InChI=1S/C10H10N4O2/c11-5-7-6-12-13-10(7)8-3-1-2-4-9(8)14(15)16/h1-4,6H,5,11H2,(H,12,13). The molecule has 2 aromatic rings. The van der Waals surface area contributed by atoms with Crippen LogP contribution in [0.3, 0.4) is 0 Å². The van der Waals surface area contributed by atoms with Gasteiger partial charge in [0.15, 0.2) is 0 Å². The Morgan fingerprint density at radius 2 is 2.19 bits per heavy atom. The first-order valence-electron chi connectivity index (χ1n) is 4.70. The number of rotatable bonds is 3. The predicted octanol–water partition coefficient (Wildman–Crippen LogP) is 1.44. The van der Waals surface area contributed by atoms with Gasteiger partial charge in [-0.15, -0.1) is 0 Å². The number of nitro benzene ring substituents is 1. The third kappa shape index (κ3) is 1.66. The second kappa shape index (κ2) is 4.11. The SMILES string of the molecule is NCc1cn[nH]c1-c1ccccc1[N+](=O)[O-]. The summed E-state index contributed by atoms with van der Waals surface area (Å²) in [6.07, 6.45) is 1.58. The normalized spacial score (nSPS) is 10.3. The summed E-state index contributed by atoms with van der Waals surface area (Å²) in [5.41, 5.74) is 7.44. The van der Waals surface area contributed by atoms with Crippen molar-refractivity contribution in [2.75, 3.05) is 0 Å². The smallest absolute Gasteiger partial charge is 0.278 e. The zero-order valence-electron chi connectivity index (χ0n) is 8.38. The molecule has 6 nitrogen and oxygen atoms in total. The van der Waals surface area contributed by atoms with Crippen LogP contribution in [0, 0.1) is 10.1 Å². The van der Waals surface area contributed by atoms with E-state index in [9.17, 15) is 10.1 Å². The molecule has 0 unspecified atom stereocenters. The first kappa shape index (κ1) is 10.3. The fraction of sp³-hybridized carbons (Fsp3) is 0.100. The molecule has 0 aliphatic rings. The number of nitro groups is 1. The van der Waals surface area contributed by atoms with Gasteiger partial charge in [-0.1, -0.05) is 12.1 Å². The Balaban J connectivity index is 2.60. The van der Waals surface area contributed by atoms with Crippen LogP contribution in [0.5, 0.6) is 0 Å². The summed E-state index contributed by atoms with van der Waals surface area (Å²) in [5.74, 6) is 0. The van der Waals surface area contributed by atoms with Crippen molar-refractivity contribution in [1.82, 2.24) is 10.2 Å². The van der Waals surface area contributed by atoms with Crippen LogP contribution in [-0.4, -0.2) is 15.1 Å². The molecule has 0 atom stereocenters. The first-order valence-corrected chi connectivity index (χ1v) is 4.70. The van der Waals surface area contributed by atoms with Gasteiger partial charge in [-0.2, -0.15) is 5.10 Å². The van der Waals surface area contributed by atoms with Crippen molar-refractivity contribution in [2.24, 2.45) is 5.73 Å². The molecule has 0 fully saturated rings. The predicted molar refractivity (Wildman–Crippen MR) is 58.6 cm³/mol. The monoisotopic (exact) mass is 218 g/mol. The highest BCUT2D eigenvalue weighted by Crippen LogP contribution is 2.29. The van der Waals surface area contributed by atoms with Gasteiger partial charge >= 0.3 is 0 Å². The molecule has 0 bridgehead atoms. The molecule has 0 radical (unpaired) electrons. The van der Waals surface area contributed by atoms with E-state index in [2.05, 4.69) is 10.2 Å². The lowest BCUT2D eigenvalue weighted by molar-refractivity contribution is -0.384. The van der Waals surface area contributed by atoms with Gasteiger partial charge in [0.2, 0.25) is 0 Å². The van der Waals surface area contributed by atoms with Crippen LogP contribution >= 0.6 is 0 Å². The van der Waals surface area contributed by atoms with E-state index >= 15 is 0 Å². The highest BCUT2D eigenvalue weighted by Gasteiger charge is 2.17. The van der Waals surface area contributed by atoms with Crippen LogP contribution in [0.25, 0.3) is 11.3 Å². The van der Waals surface area contributed by atoms with Crippen LogP contribution in [0.1, 0.15) is 5.56 Å². The van der Waals surface area contributed by atoms with Crippen molar-refractivity contribution in [1.29, 1.82) is 0 Å². The van der Waals surface area contributed by atoms with Crippen molar-refractivity contribution < 1.29 is 4.92 Å². The zero-order chi connectivity index (χ0) is 11.5. The molecular formula is C10H10N4O2. The van der Waals surface area contributed by atoms with Crippen LogP contribution in [0.15, 0.2) is 30.5 Å². The number of hydrogen-bond acceptors (Lipinski definition) is 4. The number of aromatic amines is 1. The second-order valence-electron chi connectivity index (χ2n) is 3.25. The summed E-state index contributed by atoms with van der Waals surface area (Å²) in [6.45, 7) is 0.290. The van der Waals surface area contributed by atoms with Crippen LogP contribution in [-0.2, 0) is 6.54 Å². The summed E-state index contributed by atoms with van der Waals surface area (Å²) in [5, 5.41) is 17.4. The van der Waals surface area contributed by atoms with Gasteiger partial charge in [-0.25, -0.2) is 0 Å². The fourth-order valence-electron chi connectivity index (χ4n) is 1.54. The molecule has 3 N–H and O–H groups in total. The molecule has 1 aromatic heterocycles. The van der Waals surface area contributed by atoms with Crippen molar-refractivity contribution >= 4 is 5.69 Å². The number of nitrogens with two attached hydrogens (primary N) is 1. The summed E-state index contributed by atoms with van der Waals surface area (Å²) in [7, 11) is 0. The van der Waals surface area contributed by atoms with Crippen LogP contribution in [0.2, 0.25) is 0 Å². The van der Waals surface area contributed by atoms with E-state index in [1.807, 2.05) is 0 Å². The van der Waals surface area contributed by atoms with Crippen LogP contribution in [0.4, 0.5) is 5.69 Å². The third-order valence-electron chi connectivity index (χ3n) is 2.31. The van der Waals surface area contributed by atoms with E-state index in [0.29, 0.717) is 11.3 Å². The largest absolute Gasteiger partial charge is 0.326 e. The quantitative estimate of drug-likeness (QED) is 0.601. The minimum atomic E-state index is -0.420. The van der Waals surface area contributed by atoms with E-state index in [0.717, 1.165) is 5.56 Å². The van der Waals surface area contributed by atoms with E-state index in [-0.39, 0.29) is 12.2 Å². The molecule has 2 rings (SSSR count). The van der Waals surface area contributed by atoms with Crippen molar-refractivity contribution in [2.45, 2.75) is 6.54 Å². The van der Waals surface area contributed by atoms with Crippen LogP contribution < -0.4 is 5.73 Å². The maximum Gasteiger partial charge on any atom is 0.278 e. The second-order valence-corrected chi connectivity index (χ2v) is 3.25. The number of nitrogens with zero attached hydrogens (tertiary/aromatic N) is 2. The average Bonchev–Trinajstić information content (AvgIpc) is 2.76. The maximum atomic E-state index is 10.9. The average molecular weight is 218 g/mol. The van der Waals surface area contributed by atoms with Gasteiger partial charge in [0.05, 0.1) is 22.4 Å². The lowest BCUT2D eigenvalue weighted by Gasteiger charge is -2.02. The maximum absolute atomic E-state index is 10.9. The van der Waals surface area contributed by atoms with E-state index in [1.165, 1.54) is 6.07 Å². The van der Waals surface area contributed by atoms with Crippen molar-refractivity contribution in [3.05, 3.63) is 46.1 Å². The van der Waals surface area contributed by atoms with Gasteiger partial charge in [0, 0.05) is 18.2 Å². The Morgan fingerprint density at radius 1 is 1.44 bits per heavy atom. The highest BCUT2D eigenvalue weighted by atomic mass is 16.6. The van der Waals surface area contributed by atoms with E-state index < -0.39 is 4.92 Å². The lowest BCUT2D eigenvalue weighted by Crippen LogP contribution is -1.98. The Hall–Kier alpha value is -2.21. The van der Waals surface area contributed by atoms with Gasteiger partial charge < -0.3 is 5.73 Å². The van der Waals surface area contributed by atoms with Gasteiger partial charge in [-0.05, 0) is 6.07 Å². The van der Waals surface area contributed by atoms with Crippen molar-refractivity contribution in [3.8, 4) is 11.3 Å². The van der Waals surface area contributed by atoms with Gasteiger partial charge in [-0.3, -0.25) is 15.2 Å². The molecule has 82 valence electrons. The van der Waals surface area contributed by atoms with Crippen molar-refractivity contribution in [3.63, 3.8) is 0 Å². The molecule has 16 heavy (non-hydrogen) atoms. The molecule has 0 saturated heterocycles. The highest BCUT2D eigenvalue weighted by molar-refractivity contribution is 5.72. The van der Waals surface area contributed by atoms with Gasteiger partial charge in [0.1, 0.15) is 0 Å². The summed E-state index contributed by atoms with van der Waals surface area (Å²) < 4.78 is 0. The molecule has 0 aliphatic carbocycles. The number of nitrogens with one attached hydrogen (secondary N) is 1. The Labute approximate surface area is 91.2 Å². The number of aromatic nitrogens is 2. The molecule has 1 aromatic carbocycles. The van der Waals surface area contributed by atoms with E-state index in [4.69, 9.17) is 5.73 Å². The Bertz CT molecular complexity index is 521. The first-order chi connectivity index (χ1) is 7.74. The third-order valence-corrected chi connectivity index (χ3v) is 2.31. The fourth-order valence-corrected chi connectivity index (χ4v) is 1.54. The molecule has 1 heterocycles. The molecular weight excluding hydrogens is 208 g/mol. The minimum absolute atomic E-state index is 0.0430. The Morgan fingerprint density at radius 3 is 2.88 bits per heavy atom. The number of benzene rings is 1. The Kier molecular flexibility index (Phi) is 2.65. The number of hydrogen-bond donors (Lipinski definition) is 2. The molecule has 0 amide bonds. The number of para-hydroxylation sites is 1. The summed E-state index contributed by atoms with van der Waals surface area (Å²) >= 11 is 0. The molecule has 6 heteroatoms. The number of H-pyrrole nitrogens is 1.